The van der Waals surface area contributed by atoms with Gasteiger partial charge in [0, 0.05) is 0 Å². The smallest absolute Gasteiger partial charge is 0.351 e. The van der Waals surface area contributed by atoms with E-state index < -0.39 is 54.7 Å². The van der Waals surface area contributed by atoms with Gasteiger partial charge < -0.3 is 23.7 Å². The van der Waals surface area contributed by atoms with E-state index >= 15 is 0 Å². The summed E-state index contributed by atoms with van der Waals surface area (Å²) in [6, 6.07) is 0. The lowest BCUT2D eigenvalue weighted by Crippen LogP contribution is -2.48. The minimum atomic E-state index is -2.26. The second-order valence-electron chi connectivity index (χ2n) is 11.2. The van der Waals surface area contributed by atoms with Crippen LogP contribution in [0.15, 0.2) is 0 Å². The Bertz CT molecular complexity index is 775. The van der Waals surface area contributed by atoms with E-state index in [9.17, 15) is 24.0 Å². The number of hydrogen-bond donors (Lipinski definition) is 0. The number of carbonyl (C=O) groups is 5. The van der Waals surface area contributed by atoms with Gasteiger partial charge in [0.25, 0.3) is 0 Å². The molecule has 0 bridgehead atoms. The van der Waals surface area contributed by atoms with Gasteiger partial charge in [0.05, 0.1) is 52.1 Å². The molecule has 0 aliphatic carbocycles. The second kappa shape index (κ2) is 27.9. The maximum Gasteiger partial charge on any atom is 0.351 e. The van der Waals surface area contributed by atoms with Crippen LogP contribution in [0.4, 0.5) is 0 Å². The lowest BCUT2D eigenvalue weighted by atomic mass is 9.94. The van der Waals surface area contributed by atoms with Gasteiger partial charge in [0.2, 0.25) is 5.60 Å². The van der Waals surface area contributed by atoms with Gasteiger partial charge in [-0.1, -0.05) is 103 Å². The minimum absolute atomic E-state index is 0.0241. The van der Waals surface area contributed by atoms with E-state index in [0.717, 1.165) is 19.3 Å². The van der Waals surface area contributed by atoms with Crippen molar-refractivity contribution in [2.24, 2.45) is 0 Å². The second-order valence-corrected chi connectivity index (χ2v) is 11.2. The Labute approximate surface area is 265 Å². The SMILES string of the molecule is CCCCCCCCCCCCCCCCCCOC(=O)CCC(=O)OC(CC(=O)OCC)(CC(=O)OCC)C(=O)OCC. The van der Waals surface area contributed by atoms with Crippen LogP contribution in [-0.2, 0) is 47.7 Å². The van der Waals surface area contributed by atoms with Gasteiger partial charge in [-0.25, -0.2) is 4.79 Å². The highest BCUT2D eigenvalue weighted by Gasteiger charge is 2.49. The zero-order chi connectivity index (χ0) is 32.9. The van der Waals surface area contributed by atoms with Crippen molar-refractivity contribution in [3.63, 3.8) is 0 Å². The third-order valence-corrected chi connectivity index (χ3v) is 7.22. The molecular formula is C34H60O10. The van der Waals surface area contributed by atoms with Gasteiger partial charge in [0.15, 0.2) is 0 Å². The molecule has 0 amide bonds. The van der Waals surface area contributed by atoms with E-state index in [4.69, 9.17) is 23.7 Å². The first-order chi connectivity index (χ1) is 21.2. The molecular weight excluding hydrogens is 568 g/mol. The van der Waals surface area contributed by atoms with Gasteiger partial charge in [-0.2, -0.15) is 0 Å². The number of carbonyl (C=O) groups excluding carboxylic acids is 5. The third-order valence-electron chi connectivity index (χ3n) is 7.22. The molecule has 0 aromatic carbocycles. The summed E-state index contributed by atoms with van der Waals surface area (Å²) in [4.78, 5) is 62.1. The Morgan fingerprint density at radius 2 is 0.818 bits per heavy atom. The Kier molecular flexibility index (Phi) is 26.2. The molecule has 0 aliphatic rings. The highest BCUT2D eigenvalue weighted by molar-refractivity contribution is 5.92. The molecule has 44 heavy (non-hydrogen) atoms. The Morgan fingerprint density at radius 1 is 0.432 bits per heavy atom. The van der Waals surface area contributed by atoms with Gasteiger partial charge >= 0.3 is 29.8 Å². The van der Waals surface area contributed by atoms with Crippen LogP contribution in [0.5, 0.6) is 0 Å². The largest absolute Gasteiger partial charge is 0.466 e. The molecule has 0 aromatic rings. The monoisotopic (exact) mass is 628 g/mol. The summed E-state index contributed by atoms with van der Waals surface area (Å²) in [5.41, 5.74) is -2.26. The number of unbranched alkanes of at least 4 members (excludes halogenated alkanes) is 15. The molecule has 10 heteroatoms. The zero-order valence-corrected chi connectivity index (χ0v) is 28.1. The molecule has 0 radical (unpaired) electrons. The fourth-order valence-electron chi connectivity index (χ4n) is 4.86. The Balaban J connectivity index is 4.29. The van der Waals surface area contributed by atoms with Crippen LogP contribution in [0.3, 0.4) is 0 Å². The van der Waals surface area contributed by atoms with Crippen molar-refractivity contribution in [1.82, 2.24) is 0 Å². The van der Waals surface area contributed by atoms with Crippen LogP contribution in [0, 0.1) is 0 Å². The number of hydrogen-bond acceptors (Lipinski definition) is 10. The summed E-state index contributed by atoms with van der Waals surface area (Å²) in [6.45, 7) is 7.18. The van der Waals surface area contributed by atoms with E-state index in [2.05, 4.69) is 6.92 Å². The Hall–Kier alpha value is -2.65. The van der Waals surface area contributed by atoms with Gasteiger partial charge in [-0.3, -0.25) is 19.2 Å². The predicted octanol–water partition coefficient (Wildman–Crippen LogP) is 7.32. The van der Waals surface area contributed by atoms with E-state index in [-0.39, 0.29) is 32.8 Å². The molecule has 0 aliphatic heterocycles. The molecule has 0 heterocycles. The van der Waals surface area contributed by atoms with Gasteiger partial charge in [0.1, 0.15) is 0 Å². The molecule has 0 spiro atoms. The van der Waals surface area contributed by atoms with Crippen LogP contribution < -0.4 is 0 Å². The number of esters is 5. The fraction of sp³-hybridized carbons (Fsp3) is 0.853. The Morgan fingerprint density at radius 3 is 1.23 bits per heavy atom. The molecule has 0 aromatic heterocycles. The van der Waals surface area contributed by atoms with Crippen LogP contribution in [0.1, 0.15) is 156 Å². The maximum atomic E-state index is 12.8. The average molecular weight is 629 g/mol. The third kappa shape index (κ3) is 21.9. The minimum Gasteiger partial charge on any atom is -0.466 e. The van der Waals surface area contributed by atoms with Crippen molar-refractivity contribution >= 4 is 29.8 Å². The normalized spacial score (nSPS) is 11.1. The van der Waals surface area contributed by atoms with Crippen LogP contribution in [0.2, 0.25) is 0 Å². The summed E-state index contributed by atoms with van der Waals surface area (Å²) < 4.78 is 25.4. The zero-order valence-electron chi connectivity index (χ0n) is 28.1. The van der Waals surface area contributed by atoms with Crippen molar-refractivity contribution in [2.75, 3.05) is 26.4 Å². The summed E-state index contributed by atoms with van der Waals surface area (Å²) in [6.07, 6.45) is 18.0. The molecule has 0 saturated carbocycles. The van der Waals surface area contributed by atoms with Crippen molar-refractivity contribution < 1.29 is 47.7 Å². The highest BCUT2D eigenvalue weighted by Crippen LogP contribution is 2.26. The first-order valence-electron chi connectivity index (χ1n) is 17.1. The number of rotatable bonds is 29. The topological polar surface area (TPSA) is 132 Å². The highest BCUT2D eigenvalue weighted by atomic mass is 16.6. The fourth-order valence-corrected chi connectivity index (χ4v) is 4.86. The van der Waals surface area contributed by atoms with Crippen LogP contribution in [0.25, 0.3) is 0 Å². The molecule has 256 valence electrons. The number of ether oxygens (including phenoxy) is 5. The van der Waals surface area contributed by atoms with E-state index in [1.165, 1.54) is 90.4 Å². The van der Waals surface area contributed by atoms with Crippen molar-refractivity contribution in [3.8, 4) is 0 Å². The van der Waals surface area contributed by atoms with Crippen molar-refractivity contribution in [3.05, 3.63) is 0 Å². The summed E-state index contributed by atoms with van der Waals surface area (Å²) in [7, 11) is 0. The van der Waals surface area contributed by atoms with E-state index in [1.807, 2.05) is 0 Å². The lowest BCUT2D eigenvalue weighted by Gasteiger charge is -2.29. The first-order valence-corrected chi connectivity index (χ1v) is 17.1. The molecule has 0 fully saturated rings. The maximum absolute atomic E-state index is 12.8. The molecule has 0 unspecified atom stereocenters. The predicted molar refractivity (Wildman–Crippen MR) is 168 cm³/mol. The molecule has 0 N–H and O–H groups in total. The van der Waals surface area contributed by atoms with Crippen LogP contribution in [-0.4, -0.2) is 61.9 Å². The summed E-state index contributed by atoms with van der Waals surface area (Å²) in [5.74, 6) is -4.29. The molecule has 0 rings (SSSR count). The lowest BCUT2D eigenvalue weighted by molar-refractivity contribution is -0.191. The summed E-state index contributed by atoms with van der Waals surface area (Å²) in [5, 5.41) is 0. The standard InChI is InChI=1S/C34H60O10/c1-5-9-10-11-12-13-14-15-16-17-18-19-20-21-22-23-26-43-29(35)24-25-30(36)44-34(33(39)42-8-4,27-31(37)40-6-2)28-32(38)41-7-3/h5-28H2,1-4H3. The van der Waals surface area contributed by atoms with Gasteiger partial charge in [-0.15, -0.1) is 0 Å². The quantitative estimate of drug-likeness (QED) is 0.0471. The molecule has 10 nitrogen and oxygen atoms in total. The van der Waals surface area contributed by atoms with E-state index in [0.29, 0.717) is 0 Å². The summed E-state index contributed by atoms with van der Waals surface area (Å²) >= 11 is 0. The van der Waals surface area contributed by atoms with Crippen LogP contribution >= 0.6 is 0 Å². The van der Waals surface area contributed by atoms with Gasteiger partial charge in [-0.05, 0) is 27.2 Å². The van der Waals surface area contributed by atoms with Crippen molar-refractivity contribution in [2.45, 2.75) is 162 Å². The van der Waals surface area contributed by atoms with E-state index in [1.54, 1.807) is 13.8 Å². The van der Waals surface area contributed by atoms with Crippen molar-refractivity contribution in [1.29, 1.82) is 0 Å². The molecule has 0 saturated heterocycles. The molecule has 0 atom stereocenters. The average Bonchev–Trinajstić information content (AvgIpc) is 2.98. The first kappa shape index (κ1) is 41.4.